The Morgan fingerprint density at radius 2 is 2.13 bits per heavy atom. The molecular weight excluding hydrogens is 208 g/mol. The van der Waals surface area contributed by atoms with E-state index in [1.807, 2.05) is 12.1 Å². The first kappa shape index (κ1) is 10.0. The number of pyridine rings is 1. The summed E-state index contributed by atoms with van der Waals surface area (Å²) in [6, 6.07) is 3.97. The van der Waals surface area contributed by atoms with Gasteiger partial charge in [-0.2, -0.15) is 9.36 Å². The SMILES string of the molecule is CC(C)c1ccc(-c2nsc(N)n2)cn1. The van der Waals surface area contributed by atoms with E-state index in [1.165, 1.54) is 11.5 Å². The van der Waals surface area contributed by atoms with Crippen molar-refractivity contribution >= 4 is 16.7 Å². The lowest BCUT2D eigenvalue weighted by atomic mass is 10.1. The van der Waals surface area contributed by atoms with Gasteiger partial charge >= 0.3 is 0 Å². The Balaban J connectivity index is 2.31. The summed E-state index contributed by atoms with van der Waals surface area (Å²) >= 11 is 1.20. The van der Waals surface area contributed by atoms with Crippen LogP contribution in [-0.4, -0.2) is 14.3 Å². The zero-order valence-corrected chi connectivity index (χ0v) is 9.45. The maximum absolute atomic E-state index is 5.52. The second-order valence-corrected chi connectivity index (χ2v) is 4.37. The molecule has 0 spiro atoms. The van der Waals surface area contributed by atoms with Gasteiger partial charge < -0.3 is 5.73 Å². The van der Waals surface area contributed by atoms with E-state index < -0.39 is 0 Å². The summed E-state index contributed by atoms with van der Waals surface area (Å²) in [5.74, 6) is 1.09. The van der Waals surface area contributed by atoms with E-state index in [4.69, 9.17) is 5.73 Å². The standard InChI is InChI=1S/C10H12N4S/c1-6(2)8-4-3-7(5-12-8)9-13-10(11)15-14-9/h3-6H,1-2H3,(H2,11,13,14). The first-order valence-corrected chi connectivity index (χ1v) is 5.49. The highest BCUT2D eigenvalue weighted by Gasteiger charge is 2.06. The molecule has 4 nitrogen and oxygen atoms in total. The topological polar surface area (TPSA) is 64.7 Å². The molecule has 2 rings (SSSR count). The van der Waals surface area contributed by atoms with Crippen LogP contribution in [0.3, 0.4) is 0 Å². The molecular formula is C10H12N4S. The van der Waals surface area contributed by atoms with Crippen molar-refractivity contribution in [3.05, 3.63) is 24.0 Å². The summed E-state index contributed by atoms with van der Waals surface area (Å²) in [6.07, 6.45) is 1.79. The Morgan fingerprint density at radius 3 is 2.60 bits per heavy atom. The smallest absolute Gasteiger partial charge is 0.200 e. The molecule has 0 saturated heterocycles. The second-order valence-electron chi connectivity index (χ2n) is 3.58. The quantitative estimate of drug-likeness (QED) is 0.843. The normalized spacial score (nSPS) is 10.9. The summed E-state index contributed by atoms with van der Waals surface area (Å²) in [7, 11) is 0. The Hall–Kier alpha value is -1.49. The van der Waals surface area contributed by atoms with Crippen molar-refractivity contribution in [1.29, 1.82) is 0 Å². The number of anilines is 1. The van der Waals surface area contributed by atoms with Gasteiger partial charge in [-0.15, -0.1) is 0 Å². The monoisotopic (exact) mass is 220 g/mol. The number of aromatic nitrogens is 3. The van der Waals surface area contributed by atoms with Crippen LogP contribution in [0.5, 0.6) is 0 Å². The van der Waals surface area contributed by atoms with Crippen molar-refractivity contribution < 1.29 is 0 Å². The minimum absolute atomic E-state index is 0.438. The molecule has 2 N–H and O–H groups in total. The fourth-order valence-electron chi connectivity index (χ4n) is 1.23. The van der Waals surface area contributed by atoms with Crippen LogP contribution in [-0.2, 0) is 0 Å². The van der Waals surface area contributed by atoms with Gasteiger partial charge in [0.05, 0.1) is 0 Å². The van der Waals surface area contributed by atoms with E-state index in [0.29, 0.717) is 16.9 Å². The Morgan fingerprint density at radius 1 is 1.33 bits per heavy atom. The summed E-state index contributed by atoms with van der Waals surface area (Å²) in [4.78, 5) is 8.45. The summed E-state index contributed by atoms with van der Waals surface area (Å²) < 4.78 is 4.13. The molecule has 0 aliphatic heterocycles. The zero-order valence-electron chi connectivity index (χ0n) is 8.64. The van der Waals surface area contributed by atoms with Gasteiger partial charge in [-0.1, -0.05) is 13.8 Å². The van der Waals surface area contributed by atoms with Crippen molar-refractivity contribution in [3.63, 3.8) is 0 Å². The van der Waals surface area contributed by atoms with Crippen molar-refractivity contribution in [2.24, 2.45) is 0 Å². The van der Waals surface area contributed by atoms with Gasteiger partial charge in [-0.3, -0.25) is 4.98 Å². The summed E-state index contributed by atoms with van der Waals surface area (Å²) in [6.45, 7) is 4.22. The fourth-order valence-corrected chi connectivity index (χ4v) is 1.69. The fraction of sp³-hybridized carbons (Fsp3) is 0.300. The maximum Gasteiger partial charge on any atom is 0.200 e. The molecule has 0 aliphatic rings. The molecule has 15 heavy (non-hydrogen) atoms. The lowest BCUT2D eigenvalue weighted by Gasteiger charge is -2.03. The van der Waals surface area contributed by atoms with E-state index >= 15 is 0 Å². The van der Waals surface area contributed by atoms with Crippen molar-refractivity contribution in [3.8, 4) is 11.4 Å². The van der Waals surface area contributed by atoms with Crippen molar-refractivity contribution in [2.75, 3.05) is 5.73 Å². The lowest BCUT2D eigenvalue weighted by molar-refractivity contribution is 0.823. The van der Waals surface area contributed by atoms with Gasteiger partial charge in [0, 0.05) is 29.0 Å². The van der Waals surface area contributed by atoms with Gasteiger partial charge in [-0.25, -0.2) is 0 Å². The molecule has 0 fully saturated rings. The van der Waals surface area contributed by atoms with E-state index in [0.717, 1.165) is 11.3 Å². The first-order valence-electron chi connectivity index (χ1n) is 4.72. The van der Waals surface area contributed by atoms with Crippen LogP contribution >= 0.6 is 11.5 Å². The molecule has 5 heteroatoms. The van der Waals surface area contributed by atoms with Gasteiger partial charge in [0.25, 0.3) is 0 Å². The van der Waals surface area contributed by atoms with E-state index in [9.17, 15) is 0 Å². The molecule has 78 valence electrons. The maximum atomic E-state index is 5.52. The van der Waals surface area contributed by atoms with Crippen LogP contribution in [0.25, 0.3) is 11.4 Å². The average Bonchev–Trinajstić information content (AvgIpc) is 2.65. The molecule has 0 unspecified atom stereocenters. The van der Waals surface area contributed by atoms with Gasteiger partial charge in [-0.05, 0) is 18.1 Å². The van der Waals surface area contributed by atoms with Crippen molar-refractivity contribution in [2.45, 2.75) is 19.8 Å². The van der Waals surface area contributed by atoms with Crippen LogP contribution in [0, 0.1) is 0 Å². The van der Waals surface area contributed by atoms with Gasteiger partial charge in [0.2, 0.25) is 0 Å². The van der Waals surface area contributed by atoms with Crippen LogP contribution in [0.2, 0.25) is 0 Å². The molecule has 0 aromatic carbocycles. The third-order valence-corrected chi connectivity index (χ3v) is 2.62. The molecule has 0 bridgehead atoms. The number of nitrogen functional groups attached to an aromatic ring is 1. The Bertz CT molecular complexity index is 447. The highest BCUT2D eigenvalue weighted by atomic mass is 32.1. The molecule has 2 heterocycles. The predicted octanol–water partition coefficient (Wildman–Crippen LogP) is 2.31. The van der Waals surface area contributed by atoms with E-state index in [-0.39, 0.29) is 0 Å². The van der Waals surface area contributed by atoms with Gasteiger partial charge in [0.15, 0.2) is 11.0 Å². The first-order chi connectivity index (χ1) is 7.16. The molecule has 0 atom stereocenters. The predicted molar refractivity (Wildman–Crippen MR) is 61.6 cm³/mol. The number of nitrogens with zero attached hydrogens (tertiary/aromatic N) is 3. The van der Waals surface area contributed by atoms with Crippen molar-refractivity contribution in [1.82, 2.24) is 14.3 Å². The molecule has 2 aromatic heterocycles. The molecule has 0 amide bonds. The number of hydrogen-bond acceptors (Lipinski definition) is 5. The van der Waals surface area contributed by atoms with Crippen LogP contribution < -0.4 is 5.73 Å². The highest BCUT2D eigenvalue weighted by Crippen LogP contribution is 2.20. The van der Waals surface area contributed by atoms with Crippen LogP contribution in [0.15, 0.2) is 18.3 Å². The van der Waals surface area contributed by atoms with Crippen LogP contribution in [0.1, 0.15) is 25.5 Å². The third-order valence-electron chi connectivity index (χ3n) is 2.08. The summed E-state index contributed by atoms with van der Waals surface area (Å²) in [5, 5.41) is 0.484. The Labute approximate surface area is 92.4 Å². The highest BCUT2D eigenvalue weighted by molar-refractivity contribution is 7.09. The van der Waals surface area contributed by atoms with E-state index in [1.54, 1.807) is 6.20 Å². The number of hydrogen-bond donors (Lipinski definition) is 1. The zero-order chi connectivity index (χ0) is 10.8. The minimum Gasteiger partial charge on any atom is -0.374 e. The number of nitrogens with two attached hydrogens (primary N) is 1. The third kappa shape index (κ3) is 2.12. The molecule has 2 aromatic rings. The Kier molecular flexibility index (Phi) is 2.64. The van der Waals surface area contributed by atoms with Crippen LogP contribution in [0.4, 0.5) is 5.13 Å². The summed E-state index contributed by atoms with van der Waals surface area (Å²) in [5.41, 5.74) is 7.50. The van der Waals surface area contributed by atoms with Gasteiger partial charge in [0.1, 0.15) is 0 Å². The largest absolute Gasteiger partial charge is 0.374 e. The minimum atomic E-state index is 0.438. The molecule has 0 saturated carbocycles. The molecule has 0 aliphatic carbocycles. The lowest BCUT2D eigenvalue weighted by Crippen LogP contribution is -1.92. The average molecular weight is 220 g/mol. The molecule has 0 radical (unpaired) electrons. The number of rotatable bonds is 2. The van der Waals surface area contributed by atoms with E-state index in [2.05, 4.69) is 28.2 Å². The second kappa shape index (κ2) is 3.94.